The zero-order chi connectivity index (χ0) is 13.0. The van der Waals surface area contributed by atoms with E-state index in [0.29, 0.717) is 10.7 Å². The third-order valence-corrected chi connectivity index (χ3v) is 3.57. The zero-order valence-corrected chi connectivity index (χ0v) is 11.2. The van der Waals surface area contributed by atoms with E-state index in [4.69, 9.17) is 11.6 Å². The maximum absolute atomic E-state index is 11.9. The molecule has 1 aliphatic heterocycles. The summed E-state index contributed by atoms with van der Waals surface area (Å²) in [5, 5.41) is 9.63. The molecule has 1 fully saturated rings. The van der Waals surface area contributed by atoms with Crippen LogP contribution in [0.15, 0.2) is 24.3 Å². The van der Waals surface area contributed by atoms with Crippen molar-refractivity contribution in [3.63, 3.8) is 0 Å². The van der Waals surface area contributed by atoms with Crippen LogP contribution in [0.2, 0.25) is 5.02 Å². The first kappa shape index (κ1) is 13.2. The van der Waals surface area contributed by atoms with Crippen LogP contribution in [0.5, 0.6) is 0 Å². The molecule has 1 aromatic carbocycles. The van der Waals surface area contributed by atoms with Crippen LogP contribution < -0.4 is 16.0 Å². The Morgan fingerprint density at radius 2 is 2.00 bits per heavy atom. The van der Waals surface area contributed by atoms with Gasteiger partial charge in [-0.1, -0.05) is 23.7 Å². The van der Waals surface area contributed by atoms with Crippen molar-refractivity contribution >= 4 is 23.3 Å². The van der Waals surface area contributed by atoms with Gasteiger partial charge in [-0.25, -0.2) is 4.79 Å². The summed E-state index contributed by atoms with van der Waals surface area (Å²) in [6.45, 7) is 3.94. The van der Waals surface area contributed by atoms with Gasteiger partial charge in [-0.2, -0.15) is 0 Å². The number of hydrogen-bond donors (Lipinski definition) is 3. The van der Waals surface area contributed by atoms with Crippen molar-refractivity contribution in [1.29, 1.82) is 0 Å². The van der Waals surface area contributed by atoms with Crippen molar-refractivity contribution in [3.05, 3.63) is 29.3 Å². The number of nitrogens with one attached hydrogen (secondary N) is 3. The Hall–Kier alpha value is -1.26. The van der Waals surface area contributed by atoms with Crippen molar-refractivity contribution in [2.75, 3.05) is 18.4 Å². The summed E-state index contributed by atoms with van der Waals surface area (Å²) < 4.78 is 0. The second kappa shape index (κ2) is 5.59. The van der Waals surface area contributed by atoms with Gasteiger partial charge in [0.05, 0.1) is 10.7 Å². The average Bonchev–Trinajstić information content (AvgIpc) is 2.32. The largest absolute Gasteiger partial charge is 0.333 e. The van der Waals surface area contributed by atoms with Crippen LogP contribution in [0.1, 0.15) is 19.8 Å². The normalized spacial score (nSPS) is 18.1. The van der Waals surface area contributed by atoms with E-state index in [0.717, 1.165) is 25.9 Å². The minimum atomic E-state index is -0.201. The monoisotopic (exact) mass is 267 g/mol. The van der Waals surface area contributed by atoms with Gasteiger partial charge in [-0.05, 0) is 45.0 Å². The standard InChI is InChI=1S/C13H18ClN3O/c1-13(6-8-15-9-7-13)17-12(18)16-11-5-3-2-4-10(11)14/h2-5,15H,6-9H2,1H3,(H2,16,17,18). The molecule has 1 saturated heterocycles. The highest BCUT2D eigenvalue weighted by molar-refractivity contribution is 6.33. The van der Waals surface area contributed by atoms with Crippen molar-refractivity contribution in [2.24, 2.45) is 0 Å². The number of benzene rings is 1. The third-order valence-electron chi connectivity index (χ3n) is 3.24. The van der Waals surface area contributed by atoms with Crippen LogP contribution in [0.3, 0.4) is 0 Å². The average molecular weight is 268 g/mol. The topological polar surface area (TPSA) is 53.2 Å². The molecule has 2 amide bonds. The SMILES string of the molecule is CC1(NC(=O)Nc2ccccc2Cl)CCNCC1. The van der Waals surface area contributed by atoms with E-state index in [1.54, 1.807) is 12.1 Å². The molecular weight excluding hydrogens is 250 g/mol. The first-order valence-corrected chi connectivity index (χ1v) is 6.51. The molecule has 98 valence electrons. The number of anilines is 1. The number of hydrogen-bond acceptors (Lipinski definition) is 2. The summed E-state index contributed by atoms with van der Waals surface area (Å²) in [4.78, 5) is 11.9. The van der Waals surface area contributed by atoms with E-state index in [2.05, 4.69) is 22.9 Å². The molecule has 1 heterocycles. The maximum atomic E-state index is 11.9. The van der Waals surface area contributed by atoms with E-state index >= 15 is 0 Å². The molecule has 0 aromatic heterocycles. The van der Waals surface area contributed by atoms with E-state index < -0.39 is 0 Å². The lowest BCUT2D eigenvalue weighted by molar-refractivity contribution is 0.225. The second-order valence-corrected chi connectivity index (χ2v) is 5.28. The molecule has 2 rings (SSSR count). The summed E-state index contributed by atoms with van der Waals surface area (Å²) in [7, 11) is 0. The Morgan fingerprint density at radius 3 is 2.67 bits per heavy atom. The Balaban J connectivity index is 1.94. The van der Waals surface area contributed by atoms with Gasteiger partial charge in [0, 0.05) is 5.54 Å². The Kier molecular flexibility index (Phi) is 4.09. The Bertz CT molecular complexity index is 430. The van der Waals surface area contributed by atoms with Gasteiger partial charge >= 0.3 is 6.03 Å². The molecule has 0 atom stereocenters. The number of halogens is 1. The molecule has 0 bridgehead atoms. The van der Waals surface area contributed by atoms with Crippen LogP contribution in [0.4, 0.5) is 10.5 Å². The molecule has 0 radical (unpaired) electrons. The number of para-hydroxylation sites is 1. The van der Waals surface area contributed by atoms with Gasteiger partial charge in [0.15, 0.2) is 0 Å². The number of rotatable bonds is 2. The number of piperidine rings is 1. The minimum Gasteiger partial charge on any atom is -0.333 e. The maximum Gasteiger partial charge on any atom is 0.319 e. The smallest absolute Gasteiger partial charge is 0.319 e. The molecular formula is C13H18ClN3O. The third kappa shape index (κ3) is 3.37. The molecule has 0 spiro atoms. The van der Waals surface area contributed by atoms with E-state index in [9.17, 15) is 4.79 Å². The Labute approximate surface area is 112 Å². The molecule has 0 saturated carbocycles. The number of amides is 2. The van der Waals surface area contributed by atoms with Gasteiger partial charge < -0.3 is 16.0 Å². The lowest BCUT2D eigenvalue weighted by Crippen LogP contribution is -2.53. The number of carbonyl (C=O) groups is 1. The molecule has 1 aliphatic rings. The highest BCUT2D eigenvalue weighted by atomic mass is 35.5. The highest BCUT2D eigenvalue weighted by Gasteiger charge is 2.28. The van der Waals surface area contributed by atoms with Crippen molar-refractivity contribution in [1.82, 2.24) is 10.6 Å². The molecule has 4 nitrogen and oxygen atoms in total. The first-order chi connectivity index (χ1) is 8.59. The van der Waals surface area contributed by atoms with Gasteiger partial charge in [0.2, 0.25) is 0 Å². The van der Waals surface area contributed by atoms with Gasteiger partial charge in [0.1, 0.15) is 0 Å². The van der Waals surface area contributed by atoms with E-state index in [1.165, 1.54) is 0 Å². The number of carbonyl (C=O) groups excluding carboxylic acids is 1. The van der Waals surface area contributed by atoms with Crippen LogP contribution in [0.25, 0.3) is 0 Å². The lowest BCUT2D eigenvalue weighted by atomic mass is 9.91. The molecule has 1 aromatic rings. The van der Waals surface area contributed by atoms with Crippen molar-refractivity contribution in [2.45, 2.75) is 25.3 Å². The van der Waals surface area contributed by atoms with Gasteiger partial charge in [-0.3, -0.25) is 0 Å². The second-order valence-electron chi connectivity index (χ2n) is 4.87. The molecule has 0 aliphatic carbocycles. The van der Waals surface area contributed by atoms with Crippen LogP contribution >= 0.6 is 11.6 Å². The minimum absolute atomic E-state index is 0.142. The summed E-state index contributed by atoms with van der Waals surface area (Å²) in [5.41, 5.74) is 0.491. The number of urea groups is 1. The van der Waals surface area contributed by atoms with E-state index in [-0.39, 0.29) is 11.6 Å². The van der Waals surface area contributed by atoms with Crippen LogP contribution in [0, 0.1) is 0 Å². The predicted molar refractivity (Wildman–Crippen MR) is 74.1 cm³/mol. The lowest BCUT2D eigenvalue weighted by Gasteiger charge is -2.34. The summed E-state index contributed by atoms with van der Waals surface area (Å²) in [6, 6.07) is 7.01. The fourth-order valence-electron chi connectivity index (χ4n) is 2.09. The summed E-state index contributed by atoms with van der Waals surface area (Å²) in [5.74, 6) is 0. The van der Waals surface area contributed by atoms with Gasteiger partial charge in [0.25, 0.3) is 0 Å². The van der Waals surface area contributed by atoms with Crippen molar-refractivity contribution < 1.29 is 4.79 Å². The van der Waals surface area contributed by atoms with E-state index in [1.807, 2.05) is 12.1 Å². The predicted octanol–water partition coefficient (Wildman–Crippen LogP) is 2.60. The van der Waals surface area contributed by atoms with Crippen LogP contribution in [-0.4, -0.2) is 24.7 Å². The molecule has 3 N–H and O–H groups in total. The first-order valence-electron chi connectivity index (χ1n) is 6.13. The summed E-state index contributed by atoms with van der Waals surface area (Å²) >= 11 is 5.99. The summed E-state index contributed by atoms with van der Waals surface area (Å²) in [6.07, 6.45) is 1.87. The van der Waals surface area contributed by atoms with Crippen molar-refractivity contribution in [3.8, 4) is 0 Å². The molecule has 18 heavy (non-hydrogen) atoms. The fourth-order valence-corrected chi connectivity index (χ4v) is 2.28. The van der Waals surface area contributed by atoms with Gasteiger partial charge in [-0.15, -0.1) is 0 Å². The fraction of sp³-hybridized carbons (Fsp3) is 0.462. The molecule has 5 heteroatoms. The zero-order valence-electron chi connectivity index (χ0n) is 10.4. The van der Waals surface area contributed by atoms with Crippen LogP contribution in [-0.2, 0) is 0 Å². The quantitative estimate of drug-likeness (QED) is 0.772. The highest BCUT2D eigenvalue weighted by Crippen LogP contribution is 2.21. The Morgan fingerprint density at radius 1 is 1.33 bits per heavy atom. The molecule has 0 unspecified atom stereocenters.